The Hall–Kier alpha value is -3.11. The molecule has 0 aliphatic heterocycles. The number of aryl methyl sites for hydroxylation is 2. The third kappa shape index (κ3) is 4.56. The predicted molar refractivity (Wildman–Crippen MR) is 127 cm³/mol. The molecule has 1 saturated carbocycles. The Labute approximate surface area is 191 Å². The number of carbonyl (C=O) groups excluding carboxylic acids is 1. The molecule has 3 aromatic rings. The summed E-state index contributed by atoms with van der Waals surface area (Å²) < 4.78 is 1.58. The molecule has 1 aliphatic carbocycles. The Morgan fingerprint density at radius 3 is 2.53 bits per heavy atom. The lowest BCUT2D eigenvalue weighted by molar-refractivity contribution is -0.120. The Bertz CT molecular complexity index is 1250. The van der Waals surface area contributed by atoms with Gasteiger partial charge in [-0.15, -0.1) is 0 Å². The van der Waals surface area contributed by atoms with Gasteiger partial charge in [0.15, 0.2) is 5.16 Å². The van der Waals surface area contributed by atoms with Gasteiger partial charge >= 0.3 is 0 Å². The number of rotatable bonds is 5. The van der Waals surface area contributed by atoms with E-state index in [0.29, 0.717) is 28.9 Å². The maximum absolute atomic E-state index is 13.4. The maximum Gasteiger partial charge on any atom is 0.266 e. The average Bonchev–Trinajstić information content (AvgIpc) is 2.77. The summed E-state index contributed by atoms with van der Waals surface area (Å²) in [5.41, 5.74) is 2.48. The van der Waals surface area contributed by atoms with E-state index in [9.17, 15) is 14.9 Å². The van der Waals surface area contributed by atoms with Crippen LogP contribution in [0, 0.1) is 25.2 Å². The molecule has 0 saturated heterocycles. The van der Waals surface area contributed by atoms with E-state index in [1.165, 1.54) is 11.8 Å². The van der Waals surface area contributed by atoms with Crippen LogP contribution < -0.4 is 10.9 Å². The van der Waals surface area contributed by atoms with Gasteiger partial charge in [-0.2, -0.15) is 5.26 Å². The molecular formula is C25H26N4O2S. The summed E-state index contributed by atoms with van der Waals surface area (Å²) in [4.78, 5) is 30.9. The predicted octanol–water partition coefficient (Wildman–Crippen LogP) is 4.44. The summed E-state index contributed by atoms with van der Waals surface area (Å²) in [6.45, 7) is 3.98. The number of hydrogen-bond acceptors (Lipinski definition) is 5. The summed E-state index contributed by atoms with van der Waals surface area (Å²) in [5.74, 6) is -0.133. The second kappa shape index (κ2) is 9.17. The molecule has 0 unspecified atom stereocenters. The molecule has 164 valence electrons. The Morgan fingerprint density at radius 1 is 1.16 bits per heavy atom. The summed E-state index contributed by atoms with van der Waals surface area (Å²) in [7, 11) is 0. The first kappa shape index (κ1) is 22.1. The number of aromatic nitrogens is 2. The zero-order chi connectivity index (χ0) is 22.7. The summed E-state index contributed by atoms with van der Waals surface area (Å²) >= 11 is 1.22. The summed E-state index contributed by atoms with van der Waals surface area (Å²) in [6.07, 6.45) is 4.35. The first-order valence-corrected chi connectivity index (χ1v) is 11.8. The maximum atomic E-state index is 13.4. The van der Waals surface area contributed by atoms with E-state index in [1.54, 1.807) is 16.7 Å². The largest absolute Gasteiger partial charge is 0.337 e. The van der Waals surface area contributed by atoms with Gasteiger partial charge in [-0.1, -0.05) is 49.2 Å². The highest BCUT2D eigenvalue weighted by atomic mass is 32.2. The molecule has 1 amide bonds. The lowest BCUT2D eigenvalue weighted by Gasteiger charge is -2.31. The number of nitriles is 1. The van der Waals surface area contributed by atoms with Crippen molar-refractivity contribution >= 4 is 28.6 Å². The first-order chi connectivity index (χ1) is 15.4. The zero-order valence-electron chi connectivity index (χ0n) is 18.4. The highest BCUT2D eigenvalue weighted by Crippen LogP contribution is 2.28. The van der Waals surface area contributed by atoms with Gasteiger partial charge in [0, 0.05) is 0 Å². The van der Waals surface area contributed by atoms with Crippen molar-refractivity contribution in [2.45, 2.75) is 56.6 Å². The summed E-state index contributed by atoms with van der Waals surface area (Å²) in [6, 6.07) is 15.5. The lowest BCUT2D eigenvalue weighted by Crippen LogP contribution is -2.49. The van der Waals surface area contributed by atoms with Crippen LogP contribution in [0.15, 0.2) is 52.4 Å². The third-order valence-electron chi connectivity index (χ3n) is 5.84. The topological polar surface area (TPSA) is 87.8 Å². The number of hydrogen-bond donors (Lipinski definition) is 1. The molecule has 32 heavy (non-hydrogen) atoms. The van der Waals surface area contributed by atoms with Crippen molar-refractivity contribution in [2.24, 2.45) is 0 Å². The van der Waals surface area contributed by atoms with E-state index in [4.69, 9.17) is 4.98 Å². The molecule has 0 atom stereocenters. The van der Waals surface area contributed by atoms with E-state index >= 15 is 0 Å². The van der Waals surface area contributed by atoms with Gasteiger partial charge < -0.3 is 5.32 Å². The van der Waals surface area contributed by atoms with Gasteiger partial charge in [-0.3, -0.25) is 14.2 Å². The molecule has 2 aromatic carbocycles. The highest BCUT2D eigenvalue weighted by Gasteiger charge is 2.33. The molecule has 1 N–H and O–H groups in total. The van der Waals surface area contributed by atoms with Crippen LogP contribution in [-0.4, -0.2) is 26.8 Å². The fourth-order valence-corrected chi connectivity index (χ4v) is 5.18. The van der Waals surface area contributed by atoms with E-state index in [-0.39, 0.29) is 17.2 Å². The van der Waals surface area contributed by atoms with Crippen molar-refractivity contribution in [2.75, 3.05) is 5.75 Å². The van der Waals surface area contributed by atoms with Gasteiger partial charge in [0.05, 0.1) is 28.4 Å². The molecule has 1 fully saturated rings. The van der Waals surface area contributed by atoms with Crippen molar-refractivity contribution < 1.29 is 4.79 Å². The van der Waals surface area contributed by atoms with Gasteiger partial charge in [0.1, 0.15) is 5.54 Å². The number of benzene rings is 2. The Balaban J connectivity index is 1.68. The molecule has 6 nitrogen and oxygen atoms in total. The van der Waals surface area contributed by atoms with Crippen LogP contribution in [0.1, 0.15) is 43.2 Å². The molecule has 0 radical (unpaired) electrons. The van der Waals surface area contributed by atoms with Crippen LogP contribution in [0.4, 0.5) is 0 Å². The third-order valence-corrected chi connectivity index (χ3v) is 6.78. The SMILES string of the molecule is Cc1cc(C)cc(-n2c(SCC(=O)NC3(C#N)CCCCC3)nc3ccccc3c2=O)c1. The van der Waals surface area contributed by atoms with Crippen LogP contribution >= 0.6 is 11.8 Å². The van der Waals surface area contributed by atoms with Gasteiger partial charge in [-0.25, -0.2) is 4.98 Å². The number of nitrogens with one attached hydrogen (secondary N) is 1. The van der Waals surface area contributed by atoms with Crippen LogP contribution in [0.25, 0.3) is 16.6 Å². The monoisotopic (exact) mass is 446 g/mol. The van der Waals surface area contributed by atoms with E-state index in [0.717, 1.165) is 36.1 Å². The molecule has 1 aliphatic rings. The second-order valence-electron chi connectivity index (χ2n) is 8.49. The second-order valence-corrected chi connectivity index (χ2v) is 9.43. The molecule has 1 aromatic heterocycles. The van der Waals surface area contributed by atoms with Crippen LogP contribution in [-0.2, 0) is 4.79 Å². The van der Waals surface area contributed by atoms with Crippen molar-refractivity contribution in [3.05, 3.63) is 63.9 Å². The van der Waals surface area contributed by atoms with E-state index in [2.05, 4.69) is 17.5 Å². The van der Waals surface area contributed by atoms with Crippen LogP contribution in [0.2, 0.25) is 0 Å². The molecule has 1 heterocycles. The lowest BCUT2D eigenvalue weighted by atomic mass is 9.83. The van der Waals surface area contributed by atoms with Crippen molar-refractivity contribution in [3.63, 3.8) is 0 Å². The van der Waals surface area contributed by atoms with Crippen molar-refractivity contribution in [1.82, 2.24) is 14.9 Å². The average molecular weight is 447 g/mol. The zero-order valence-corrected chi connectivity index (χ0v) is 19.2. The van der Waals surface area contributed by atoms with Crippen LogP contribution in [0.5, 0.6) is 0 Å². The minimum atomic E-state index is -0.778. The van der Waals surface area contributed by atoms with Gasteiger partial charge in [-0.05, 0) is 62.1 Å². The van der Waals surface area contributed by atoms with Crippen molar-refractivity contribution in [3.8, 4) is 11.8 Å². The fraction of sp³-hybridized carbons (Fsp3) is 0.360. The fourth-order valence-electron chi connectivity index (χ4n) is 4.37. The molecule has 0 spiro atoms. The number of amides is 1. The molecule has 4 rings (SSSR count). The summed E-state index contributed by atoms with van der Waals surface area (Å²) in [5, 5.41) is 13.6. The minimum absolute atomic E-state index is 0.0823. The van der Waals surface area contributed by atoms with Gasteiger partial charge in [0.2, 0.25) is 5.91 Å². The number of fused-ring (bicyclic) bond motifs is 1. The smallest absolute Gasteiger partial charge is 0.266 e. The van der Waals surface area contributed by atoms with Crippen molar-refractivity contribution in [1.29, 1.82) is 5.26 Å². The number of nitrogens with zero attached hydrogens (tertiary/aromatic N) is 3. The van der Waals surface area contributed by atoms with E-state index in [1.807, 2.05) is 38.1 Å². The number of thioether (sulfide) groups is 1. The number of carbonyl (C=O) groups is 1. The van der Waals surface area contributed by atoms with E-state index < -0.39 is 5.54 Å². The standard InChI is InChI=1S/C25H26N4O2S/c1-17-12-18(2)14-19(13-17)29-23(31)20-8-4-5-9-21(20)27-24(29)32-15-22(30)28-25(16-26)10-6-3-7-11-25/h4-5,8-9,12-14H,3,6-7,10-11,15H2,1-2H3,(H,28,30). The quantitative estimate of drug-likeness (QED) is 0.462. The highest BCUT2D eigenvalue weighted by molar-refractivity contribution is 7.99. The molecule has 7 heteroatoms. The van der Waals surface area contributed by atoms with Crippen LogP contribution in [0.3, 0.4) is 0 Å². The first-order valence-electron chi connectivity index (χ1n) is 10.9. The normalized spacial score (nSPS) is 15.3. The Morgan fingerprint density at radius 2 is 1.84 bits per heavy atom. The number of para-hydroxylation sites is 1. The minimum Gasteiger partial charge on any atom is -0.337 e. The Kier molecular flexibility index (Phi) is 6.33. The van der Waals surface area contributed by atoms with Gasteiger partial charge in [0.25, 0.3) is 5.56 Å². The molecule has 0 bridgehead atoms. The molecular weight excluding hydrogens is 420 g/mol.